The Kier molecular flexibility index (Phi) is 7.78. The van der Waals surface area contributed by atoms with Crippen LogP contribution in [0.15, 0.2) is 41.3 Å². The number of unbranched alkanes of at least 4 members (excludes halogenated alkanes) is 1. The fourth-order valence-corrected chi connectivity index (χ4v) is 3.60. The molecule has 5 nitrogen and oxygen atoms in total. The Hall–Kier alpha value is -1.34. The largest absolute Gasteiger partial charge is 0.493 e. The van der Waals surface area contributed by atoms with Crippen molar-refractivity contribution in [3.05, 3.63) is 36.4 Å². The molecule has 7 heteroatoms. The van der Waals surface area contributed by atoms with Crippen molar-refractivity contribution >= 4 is 33.2 Å². The maximum atomic E-state index is 12.5. The molecule has 128 valence electrons. The number of rotatable bonds is 8. The van der Waals surface area contributed by atoms with Gasteiger partial charge in [-0.1, -0.05) is 24.3 Å². The van der Waals surface area contributed by atoms with Gasteiger partial charge in [-0.25, -0.2) is 13.1 Å². The van der Waals surface area contributed by atoms with Gasteiger partial charge in [-0.15, -0.1) is 12.4 Å². The monoisotopic (exact) mass is 358 g/mol. The summed E-state index contributed by atoms with van der Waals surface area (Å²) < 4.78 is 33.2. The zero-order valence-electron chi connectivity index (χ0n) is 13.1. The molecule has 0 heterocycles. The van der Waals surface area contributed by atoms with Crippen molar-refractivity contribution in [2.24, 2.45) is 5.73 Å². The van der Waals surface area contributed by atoms with Crippen LogP contribution in [0.1, 0.15) is 19.8 Å². The van der Waals surface area contributed by atoms with Gasteiger partial charge in [0.2, 0.25) is 10.0 Å². The van der Waals surface area contributed by atoms with E-state index < -0.39 is 10.0 Å². The summed E-state index contributed by atoms with van der Waals surface area (Å²) in [5.41, 5.74) is 5.42. The van der Waals surface area contributed by atoms with Crippen LogP contribution in [0, 0.1) is 0 Å². The van der Waals surface area contributed by atoms with Crippen LogP contribution >= 0.6 is 12.4 Å². The van der Waals surface area contributed by atoms with E-state index in [0.717, 1.165) is 18.2 Å². The predicted molar refractivity (Wildman–Crippen MR) is 95.8 cm³/mol. The molecule has 0 atom stereocenters. The molecule has 23 heavy (non-hydrogen) atoms. The predicted octanol–water partition coefficient (Wildman–Crippen LogP) is 2.68. The Balaban J connectivity index is 0.00000264. The molecular formula is C16H23ClN2O3S. The van der Waals surface area contributed by atoms with E-state index in [4.69, 9.17) is 10.5 Å². The molecule has 2 rings (SSSR count). The minimum atomic E-state index is -3.55. The summed E-state index contributed by atoms with van der Waals surface area (Å²) in [6.07, 6.45) is 1.53. The summed E-state index contributed by atoms with van der Waals surface area (Å²) in [7, 11) is -3.55. The Morgan fingerprint density at radius 3 is 2.43 bits per heavy atom. The third-order valence-corrected chi connectivity index (χ3v) is 4.88. The van der Waals surface area contributed by atoms with Crippen LogP contribution in [0.25, 0.3) is 10.8 Å². The van der Waals surface area contributed by atoms with E-state index in [-0.39, 0.29) is 17.3 Å². The first-order valence-corrected chi connectivity index (χ1v) is 8.92. The summed E-state index contributed by atoms with van der Waals surface area (Å²) >= 11 is 0. The summed E-state index contributed by atoms with van der Waals surface area (Å²) in [6, 6.07) is 10.7. The average molecular weight is 359 g/mol. The Bertz CT molecular complexity index is 735. The molecule has 2 aromatic carbocycles. The second-order valence-electron chi connectivity index (χ2n) is 4.93. The molecule has 0 aliphatic carbocycles. The summed E-state index contributed by atoms with van der Waals surface area (Å²) in [5, 5.41) is 1.47. The molecule has 0 bridgehead atoms. The van der Waals surface area contributed by atoms with E-state index in [1.54, 1.807) is 18.2 Å². The minimum Gasteiger partial charge on any atom is -0.493 e. The summed E-state index contributed by atoms with van der Waals surface area (Å²) in [5.74, 6) is 0.695. The van der Waals surface area contributed by atoms with Gasteiger partial charge in [0.15, 0.2) is 0 Å². The molecule has 0 fully saturated rings. The first kappa shape index (κ1) is 19.7. The number of ether oxygens (including phenoxy) is 1. The van der Waals surface area contributed by atoms with Gasteiger partial charge in [0.05, 0.1) is 11.5 Å². The molecule has 0 radical (unpaired) electrons. The van der Waals surface area contributed by atoms with E-state index in [2.05, 4.69) is 4.72 Å². The minimum absolute atomic E-state index is 0. The van der Waals surface area contributed by atoms with Gasteiger partial charge in [0.25, 0.3) is 0 Å². The lowest BCUT2D eigenvalue weighted by atomic mass is 10.1. The van der Waals surface area contributed by atoms with E-state index in [1.165, 1.54) is 0 Å². The van der Waals surface area contributed by atoms with E-state index >= 15 is 0 Å². The highest BCUT2D eigenvalue weighted by molar-refractivity contribution is 7.89. The van der Waals surface area contributed by atoms with Crippen LogP contribution in [0.5, 0.6) is 5.75 Å². The third kappa shape index (κ3) is 4.81. The van der Waals surface area contributed by atoms with Crippen LogP contribution in [0.3, 0.4) is 0 Å². The van der Waals surface area contributed by atoms with E-state index in [1.807, 2.05) is 25.1 Å². The van der Waals surface area contributed by atoms with Crippen molar-refractivity contribution in [1.82, 2.24) is 4.72 Å². The van der Waals surface area contributed by atoms with Gasteiger partial charge >= 0.3 is 0 Å². The topological polar surface area (TPSA) is 81.4 Å². The van der Waals surface area contributed by atoms with E-state index in [9.17, 15) is 8.42 Å². The molecule has 0 saturated carbocycles. The van der Waals surface area contributed by atoms with Crippen molar-refractivity contribution in [3.63, 3.8) is 0 Å². The lowest BCUT2D eigenvalue weighted by Gasteiger charge is -2.12. The molecule has 0 saturated heterocycles. The molecule has 0 aliphatic rings. The highest BCUT2D eigenvalue weighted by atomic mass is 35.5. The van der Waals surface area contributed by atoms with Gasteiger partial charge in [0.1, 0.15) is 5.75 Å². The normalized spacial score (nSPS) is 11.2. The second-order valence-corrected chi connectivity index (χ2v) is 6.67. The van der Waals surface area contributed by atoms with Crippen LogP contribution in [-0.4, -0.2) is 28.1 Å². The lowest BCUT2D eigenvalue weighted by molar-refractivity contribution is 0.344. The molecular weight excluding hydrogens is 336 g/mol. The smallest absolute Gasteiger partial charge is 0.241 e. The van der Waals surface area contributed by atoms with Gasteiger partial charge in [-0.05, 0) is 38.4 Å². The van der Waals surface area contributed by atoms with E-state index in [0.29, 0.717) is 30.8 Å². The van der Waals surface area contributed by atoms with Gasteiger partial charge < -0.3 is 10.5 Å². The maximum Gasteiger partial charge on any atom is 0.241 e. The first-order chi connectivity index (χ1) is 10.6. The second kappa shape index (κ2) is 9.08. The number of nitrogens with two attached hydrogens (primary N) is 1. The lowest BCUT2D eigenvalue weighted by Crippen LogP contribution is -2.25. The number of sulfonamides is 1. The third-order valence-electron chi connectivity index (χ3n) is 3.36. The first-order valence-electron chi connectivity index (χ1n) is 7.44. The van der Waals surface area contributed by atoms with Crippen LogP contribution in [0.2, 0.25) is 0 Å². The molecule has 0 aliphatic heterocycles. The molecule has 0 unspecified atom stereocenters. The molecule has 0 aromatic heterocycles. The Labute approximate surface area is 143 Å². The SMILES string of the molecule is CCOc1ccc(S(=O)(=O)NCCCCN)c2ccccc12.Cl. The number of nitrogens with one attached hydrogen (secondary N) is 1. The molecule has 0 spiro atoms. The van der Waals surface area contributed by atoms with Crippen molar-refractivity contribution in [2.45, 2.75) is 24.7 Å². The Morgan fingerprint density at radius 2 is 1.78 bits per heavy atom. The highest BCUT2D eigenvalue weighted by Crippen LogP contribution is 2.30. The van der Waals surface area contributed by atoms with Gasteiger partial charge in [0, 0.05) is 17.3 Å². The quantitative estimate of drug-likeness (QED) is 0.711. The van der Waals surface area contributed by atoms with Gasteiger partial charge in [-0.2, -0.15) is 0 Å². The summed E-state index contributed by atoms with van der Waals surface area (Å²) in [6.45, 7) is 3.39. The zero-order chi connectivity index (χ0) is 16.0. The van der Waals surface area contributed by atoms with Crippen LogP contribution in [-0.2, 0) is 10.0 Å². The maximum absolute atomic E-state index is 12.5. The fraction of sp³-hybridized carbons (Fsp3) is 0.375. The molecule has 0 amide bonds. The number of hydrogen-bond acceptors (Lipinski definition) is 4. The number of fused-ring (bicyclic) bond motifs is 1. The fourth-order valence-electron chi connectivity index (χ4n) is 2.31. The standard InChI is InChI=1S/C16H22N2O3S.ClH/c1-2-21-15-9-10-16(14-8-4-3-7-13(14)15)22(19,20)18-12-6-5-11-17;/h3-4,7-10,18H,2,5-6,11-12,17H2,1H3;1H. The number of benzene rings is 2. The zero-order valence-corrected chi connectivity index (χ0v) is 14.8. The average Bonchev–Trinajstić information content (AvgIpc) is 2.52. The van der Waals surface area contributed by atoms with Crippen LogP contribution in [0.4, 0.5) is 0 Å². The number of hydrogen-bond donors (Lipinski definition) is 2. The molecule has 2 aromatic rings. The highest BCUT2D eigenvalue weighted by Gasteiger charge is 2.18. The Morgan fingerprint density at radius 1 is 1.09 bits per heavy atom. The van der Waals surface area contributed by atoms with Crippen molar-refractivity contribution in [2.75, 3.05) is 19.7 Å². The summed E-state index contributed by atoms with van der Waals surface area (Å²) in [4.78, 5) is 0.277. The van der Waals surface area contributed by atoms with Crippen molar-refractivity contribution in [1.29, 1.82) is 0 Å². The van der Waals surface area contributed by atoms with Crippen molar-refractivity contribution < 1.29 is 13.2 Å². The van der Waals surface area contributed by atoms with Crippen LogP contribution < -0.4 is 15.2 Å². The number of halogens is 1. The van der Waals surface area contributed by atoms with Gasteiger partial charge in [-0.3, -0.25) is 0 Å². The molecule has 3 N–H and O–H groups in total. The van der Waals surface area contributed by atoms with Crippen molar-refractivity contribution in [3.8, 4) is 5.75 Å².